The van der Waals surface area contributed by atoms with Gasteiger partial charge in [-0.3, -0.25) is 9.59 Å². The summed E-state index contributed by atoms with van der Waals surface area (Å²) in [5.41, 5.74) is 2.94. The van der Waals surface area contributed by atoms with Crippen LogP contribution in [0.25, 0.3) is 0 Å². The second kappa shape index (κ2) is 4.87. The molecule has 0 unspecified atom stereocenters. The molecule has 0 aliphatic heterocycles. The van der Waals surface area contributed by atoms with Crippen molar-refractivity contribution in [2.24, 2.45) is 0 Å². The minimum Gasteiger partial charge on any atom is -0.357 e. The van der Waals surface area contributed by atoms with Gasteiger partial charge in [-0.25, -0.2) is 0 Å². The molecule has 0 radical (unpaired) electrons. The molecule has 4 nitrogen and oxygen atoms in total. The van der Waals surface area contributed by atoms with E-state index in [1.54, 1.807) is 0 Å². The summed E-state index contributed by atoms with van der Waals surface area (Å²) < 4.78 is 0. The van der Waals surface area contributed by atoms with Gasteiger partial charge in [0, 0.05) is 24.0 Å². The summed E-state index contributed by atoms with van der Waals surface area (Å²) in [6.07, 6.45) is 1.46. The van der Waals surface area contributed by atoms with Crippen molar-refractivity contribution in [2.75, 3.05) is 5.32 Å². The Labute approximate surface area is 105 Å². The number of anilines is 1. The number of carbonyl (C=O) groups is 1. The molecule has 0 saturated carbocycles. The van der Waals surface area contributed by atoms with E-state index < -0.39 is 0 Å². The first-order chi connectivity index (χ1) is 8.58. The Balaban J connectivity index is 2.27. The number of aryl methyl sites for hydroxylation is 1. The monoisotopic (exact) mass is 242 g/mol. The zero-order valence-electron chi connectivity index (χ0n) is 10.3. The van der Waals surface area contributed by atoms with Crippen LogP contribution in [0.5, 0.6) is 0 Å². The van der Waals surface area contributed by atoms with E-state index in [0.717, 1.165) is 16.8 Å². The van der Waals surface area contributed by atoms with Crippen molar-refractivity contribution >= 4 is 11.6 Å². The van der Waals surface area contributed by atoms with E-state index >= 15 is 0 Å². The number of benzene rings is 1. The third-order valence-corrected chi connectivity index (χ3v) is 2.87. The third-order valence-electron chi connectivity index (χ3n) is 2.87. The van der Waals surface area contributed by atoms with Gasteiger partial charge >= 0.3 is 0 Å². The molecule has 0 spiro atoms. The molecule has 2 N–H and O–H groups in total. The van der Waals surface area contributed by atoms with Crippen molar-refractivity contribution < 1.29 is 4.79 Å². The Hall–Kier alpha value is -2.36. The number of rotatable bonds is 2. The molecule has 18 heavy (non-hydrogen) atoms. The first-order valence-corrected chi connectivity index (χ1v) is 5.64. The summed E-state index contributed by atoms with van der Waals surface area (Å²) in [7, 11) is 0. The molecule has 0 aliphatic carbocycles. The smallest absolute Gasteiger partial charge is 0.272 e. The van der Waals surface area contributed by atoms with Crippen molar-refractivity contribution in [1.82, 2.24) is 4.98 Å². The number of aromatic nitrogens is 1. The van der Waals surface area contributed by atoms with Gasteiger partial charge in [0.25, 0.3) is 5.91 Å². The molecule has 1 aromatic heterocycles. The second-order valence-electron chi connectivity index (χ2n) is 4.14. The van der Waals surface area contributed by atoms with Gasteiger partial charge in [-0.15, -0.1) is 0 Å². The van der Waals surface area contributed by atoms with Gasteiger partial charge in [0.1, 0.15) is 5.69 Å². The molecule has 4 heteroatoms. The first kappa shape index (κ1) is 12.1. The maximum atomic E-state index is 11.9. The largest absolute Gasteiger partial charge is 0.357 e. The van der Waals surface area contributed by atoms with E-state index in [2.05, 4.69) is 10.3 Å². The highest BCUT2D eigenvalue weighted by Gasteiger charge is 2.08. The SMILES string of the molecule is Cc1cccc(NC(=O)c2cc(=O)cc[nH]2)c1C. The highest BCUT2D eigenvalue weighted by atomic mass is 16.2. The van der Waals surface area contributed by atoms with Crippen LogP contribution in [-0.2, 0) is 0 Å². The van der Waals surface area contributed by atoms with E-state index in [1.165, 1.54) is 18.3 Å². The van der Waals surface area contributed by atoms with Gasteiger partial charge < -0.3 is 10.3 Å². The number of H-pyrrole nitrogens is 1. The minimum atomic E-state index is -0.318. The predicted octanol–water partition coefficient (Wildman–Crippen LogP) is 2.24. The summed E-state index contributed by atoms with van der Waals surface area (Å²) in [6.45, 7) is 3.92. The summed E-state index contributed by atoms with van der Waals surface area (Å²) in [6, 6.07) is 8.34. The Morgan fingerprint density at radius 3 is 2.72 bits per heavy atom. The van der Waals surface area contributed by atoms with Crippen LogP contribution in [-0.4, -0.2) is 10.9 Å². The van der Waals surface area contributed by atoms with E-state index in [4.69, 9.17) is 0 Å². The summed E-state index contributed by atoms with van der Waals surface area (Å²) in [5, 5.41) is 2.79. The maximum absolute atomic E-state index is 11.9. The van der Waals surface area contributed by atoms with Crippen LogP contribution in [0.1, 0.15) is 21.6 Å². The van der Waals surface area contributed by atoms with Gasteiger partial charge in [-0.05, 0) is 31.0 Å². The van der Waals surface area contributed by atoms with Crippen LogP contribution in [0.3, 0.4) is 0 Å². The lowest BCUT2D eigenvalue weighted by Crippen LogP contribution is -2.16. The topological polar surface area (TPSA) is 62.0 Å². The van der Waals surface area contributed by atoms with E-state index in [0.29, 0.717) is 0 Å². The number of aromatic amines is 1. The zero-order chi connectivity index (χ0) is 13.1. The van der Waals surface area contributed by atoms with E-state index in [1.807, 2.05) is 32.0 Å². The molecule has 0 fully saturated rings. The molecule has 1 aromatic carbocycles. The average molecular weight is 242 g/mol. The normalized spacial score (nSPS) is 10.1. The van der Waals surface area contributed by atoms with Crippen molar-refractivity contribution in [2.45, 2.75) is 13.8 Å². The number of pyridine rings is 1. The number of hydrogen-bond donors (Lipinski definition) is 2. The summed E-state index contributed by atoms with van der Waals surface area (Å²) >= 11 is 0. The number of hydrogen-bond acceptors (Lipinski definition) is 2. The number of amides is 1. The van der Waals surface area contributed by atoms with E-state index in [9.17, 15) is 9.59 Å². The average Bonchev–Trinajstić information content (AvgIpc) is 2.35. The standard InChI is InChI=1S/C14H14N2O2/c1-9-4-3-5-12(10(9)2)16-14(18)13-8-11(17)6-7-15-13/h3-8H,1-2H3,(H,15,17)(H,16,18). The van der Waals surface area contributed by atoms with Crippen molar-refractivity contribution in [3.05, 3.63) is 63.6 Å². The van der Waals surface area contributed by atoms with Crippen LogP contribution >= 0.6 is 0 Å². The fourth-order valence-corrected chi connectivity index (χ4v) is 1.65. The lowest BCUT2D eigenvalue weighted by Gasteiger charge is -2.10. The highest BCUT2D eigenvalue weighted by molar-refractivity contribution is 6.03. The molecule has 0 atom stereocenters. The fraction of sp³-hybridized carbons (Fsp3) is 0.143. The quantitative estimate of drug-likeness (QED) is 0.848. The van der Waals surface area contributed by atoms with Crippen LogP contribution in [0.4, 0.5) is 5.69 Å². The van der Waals surface area contributed by atoms with Gasteiger partial charge in [-0.2, -0.15) is 0 Å². The maximum Gasteiger partial charge on any atom is 0.272 e. The van der Waals surface area contributed by atoms with Crippen LogP contribution in [0, 0.1) is 13.8 Å². The van der Waals surface area contributed by atoms with Crippen molar-refractivity contribution in [1.29, 1.82) is 0 Å². The number of nitrogens with one attached hydrogen (secondary N) is 2. The molecule has 1 heterocycles. The lowest BCUT2D eigenvalue weighted by atomic mass is 10.1. The van der Waals surface area contributed by atoms with Gasteiger partial charge in [-0.1, -0.05) is 12.1 Å². The first-order valence-electron chi connectivity index (χ1n) is 5.64. The molecule has 2 aromatic rings. The highest BCUT2D eigenvalue weighted by Crippen LogP contribution is 2.18. The molecule has 0 bridgehead atoms. The fourth-order valence-electron chi connectivity index (χ4n) is 1.65. The second-order valence-corrected chi connectivity index (χ2v) is 4.14. The summed E-state index contributed by atoms with van der Waals surface area (Å²) in [5.74, 6) is -0.318. The van der Waals surface area contributed by atoms with Crippen molar-refractivity contribution in [3.8, 4) is 0 Å². The molecule has 0 aliphatic rings. The van der Waals surface area contributed by atoms with E-state index in [-0.39, 0.29) is 17.0 Å². The van der Waals surface area contributed by atoms with Gasteiger partial charge in [0.05, 0.1) is 0 Å². The Kier molecular flexibility index (Phi) is 3.28. The molecular weight excluding hydrogens is 228 g/mol. The van der Waals surface area contributed by atoms with Crippen LogP contribution in [0.2, 0.25) is 0 Å². The van der Waals surface area contributed by atoms with Gasteiger partial charge in [0.15, 0.2) is 5.43 Å². The molecule has 2 rings (SSSR count). The number of carbonyl (C=O) groups excluding carboxylic acids is 1. The summed E-state index contributed by atoms with van der Waals surface area (Å²) in [4.78, 5) is 25.9. The van der Waals surface area contributed by atoms with Crippen LogP contribution in [0.15, 0.2) is 41.3 Å². The molecule has 0 saturated heterocycles. The lowest BCUT2D eigenvalue weighted by molar-refractivity contribution is 0.102. The molecule has 1 amide bonds. The molecular formula is C14H14N2O2. The Bertz CT molecular complexity index is 644. The zero-order valence-corrected chi connectivity index (χ0v) is 10.3. The Morgan fingerprint density at radius 1 is 1.22 bits per heavy atom. The van der Waals surface area contributed by atoms with Crippen LogP contribution < -0.4 is 10.7 Å². The predicted molar refractivity (Wildman–Crippen MR) is 70.9 cm³/mol. The van der Waals surface area contributed by atoms with Crippen molar-refractivity contribution in [3.63, 3.8) is 0 Å². The minimum absolute atomic E-state index is 0.195. The molecule has 92 valence electrons. The van der Waals surface area contributed by atoms with Gasteiger partial charge in [0.2, 0.25) is 0 Å². The third kappa shape index (κ3) is 2.48. The Morgan fingerprint density at radius 2 is 2.00 bits per heavy atom.